The average molecular weight is 256 g/mol. The van der Waals surface area contributed by atoms with Gasteiger partial charge in [-0.2, -0.15) is 0 Å². The van der Waals surface area contributed by atoms with Crippen LogP contribution in [0.5, 0.6) is 0 Å². The Labute approximate surface area is 102 Å². The first-order valence-electron chi connectivity index (χ1n) is 5.24. The van der Waals surface area contributed by atoms with Gasteiger partial charge in [0.25, 0.3) is 5.91 Å². The molecule has 1 aromatic rings. The van der Waals surface area contributed by atoms with Crippen LogP contribution in [0.25, 0.3) is 0 Å². The molecule has 2 rings (SSSR count). The second-order valence-electron chi connectivity index (χ2n) is 3.80. The van der Waals surface area contributed by atoms with E-state index in [-0.39, 0.29) is 35.8 Å². The molecule has 0 unspecified atom stereocenters. The number of amides is 1. The molecule has 1 aliphatic rings. The summed E-state index contributed by atoms with van der Waals surface area (Å²) in [7, 11) is 0. The number of hydrogen-bond acceptors (Lipinski definition) is 5. The molecule has 6 nitrogen and oxygen atoms in total. The maximum Gasteiger partial charge on any atom is 0.355 e. The van der Waals surface area contributed by atoms with E-state index in [4.69, 9.17) is 10.2 Å². The molecule has 92 valence electrons. The van der Waals surface area contributed by atoms with E-state index in [2.05, 4.69) is 4.98 Å². The van der Waals surface area contributed by atoms with Gasteiger partial charge in [0.15, 0.2) is 10.7 Å². The third-order valence-corrected chi connectivity index (χ3v) is 3.33. The molecule has 1 fully saturated rings. The highest BCUT2D eigenvalue weighted by molar-refractivity contribution is 7.11. The Morgan fingerprint density at radius 3 is 2.71 bits per heavy atom. The molecule has 1 aromatic heterocycles. The fraction of sp³-hybridized carbons (Fsp3) is 0.500. The third-order valence-electron chi connectivity index (χ3n) is 2.50. The predicted molar refractivity (Wildman–Crippen MR) is 60.2 cm³/mol. The standard InChI is InChI=1S/C10H12N2O4S/c13-4-3-12(6-1-2-6)9(14)8-11-7(5-17-8)10(15)16/h5-6,13H,1-4H2,(H,15,16). The van der Waals surface area contributed by atoms with Crippen LogP contribution in [-0.2, 0) is 0 Å². The topological polar surface area (TPSA) is 90.7 Å². The minimum atomic E-state index is -1.14. The van der Waals surface area contributed by atoms with Gasteiger partial charge < -0.3 is 15.1 Å². The summed E-state index contributed by atoms with van der Waals surface area (Å²) >= 11 is 1.02. The number of thiazole rings is 1. The molecule has 1 heterocycles. The van der Waals surface area contributed by atoms with Crippen molar-refractivity contribution < 1.29 is 19.8 Å². The molecule has 0 saturated heterocycles. The van der Waals surface area contributed by atoms with E-state index in [0.29, 0.717) is 0 Å². The minimum Gasteiger partial charge on any atom is -0.476 e. The molecule has 17 heavy (non-hydrogen) atoms. The van der Waals surface area contributed by atoms with Gasteiger partial charge in [-0.25, -0.2) is 9.78 Å². The van der Waals surface area contributed by atoms with Gasteiger partial charge in [-0.1, -0.05) is 0 Å². The van der Waals surface area contributed by atoms with Crippen LogP contribution in [0.15, 0.2) is 5.38 Å². The highest BCUT2D eigenvalue weighted by Crippen LogP contribution is 2.28. The summed E-state index contributed by atoms with van der Waals surface area (Å²) in [6.07, 6.45) is 1.87. The van der Waals surface area contributed by atoms with E-state index in [1.165, 1.54) is 5.38 Å². The fourth-order valence-electron chi connectivity index (χ4n) is 1.54. The maximum absolute atomic E-state index is 12.0. The second-order valence-corrected chi connectivity index (χ2v) is 4.65. The Hall–Kier alpha value is -1.47. The number of aromatic carboxylic acids is 1. The van der Waals surface area contributed by atoms with Crippen LogP contribution in [0.1, 0.15) is 33.1 Å². The molecular formula is C10H12N2O4S. The Bertz CT molecular complexity index is 441. The van der Waals surface area contributed by atoms with Gasteiger partial charge in [0.2, 0.25) is 0 Å². The van der Waals surface area contributed by atoms with E-state index in [9.17, 15) is 9.59 Å². The van der Waals surface area contributed by atoms with Crippen molar-refractivity contribution in [2.45, 2.75) is 18.9 Å². The lowest BCUT2D eigenvalue weighted by molar-refractivity contribution is 0.0690. The van der Waals surface area contributed by atoms with Gasteiger partial charge in [0, 0.05) is 18.0 Å². The fourth-order valence-corrected chi connectivity index (χ4v) is 2.28. The molecular weight excluding hydrogens is 244 g/mol. The zero-order valence-electron chi connectivity index (χ0n) is 9.00. The number of aliphatic hydroxyl groups excluding tert-OH is 1. The summed E-state index contributed by atoms with van der Waals surface area (Å²) < 4.78 is 0. The lowest BCUT2D eigenvalue weighted by Crippen LogP contribution is -2.35. The highest BCUT2D eigenvalue weighted by Gasteiger charge is 2.33. The summed E-state index contributed by atoms with van der Waals surface area (Å²) in [5.41, 5.74) is -0.113. The normalized spacial score (nSPS) is 14.6. The third kappa shape index (κ3) is 2.62. The number of carbonyl (C=O) groups excluding carboxylic acids is 1. The van der Waals surface area contributed by atoms with Crippen LogP contribution in [0.2, 0.25) is 0 Å². The summed E-state index contributed by atoms with van der Waals surface area (Å²) in [4.78, 5) is 28.0. The van der Waals surface area contributed by atoms with Crippen molar-refractivity contribution in [3.05, 3.63) is 16.1 Å². The first-order chi connectivity index (χ1) is 8.13. The Kier molecular flexibility index (Phi) is 3.39. The Morgan fingerprint density at radius 2 is 2.24 bits per heavy atom. The number of hydrogen-bond donors (Lipinski definition) is 2. The molecule has 0 atom stereocenters. The van der Waals surface area contributed by atoms with Crippen LogP contribution in [0.4, 0.5) is 0 Å². The van der Waals surface area contributed by atoms with Crippen LogP contribution in [-0.4, -0.2) is 51.2 Å². The molecule has 0 bridgehead atoms. The van der Waals surface area contributed by atoms with E-state index < -0.39 is 5.97 Å². The quantitative estimate of drug-likeness (QED) is 0.797. The number of aromatic nitrogens is 1. The summed E-state index contributed by atoms with van der Waals surface area (Å²) in [5.74, 6) is -1.43. The van der Waals surface area contributed by atoms with Crippen molar-refractivity contribution in [1.82, 2.24) is 9.88 Å². The van der Waals surface area contributed by atoms with E-state index in [0.717, 1.165) is 24.2 Å². The van der Waals surface area contributed by atoms with Crippen LogP contribution in [0.3, 0.4) is 0 Å². The predicted octanol–water partition coefficient (Wildman–Crippen LogP) is 0.438. The van der Waals surface area contributed by atoms with Crippen LogP contribution >= 0.6 is 11.3 Å². The molecule has 0 aliphatic heterocycles. The highest BCUT2D eigenvalue weighted by atomic mass is 32.1. The van der Waals surface area contributed by atoms with Crippen LogP contribution in [0, 0.1) is 0 Å². The Morgan fingerprint density at radius 1 is 1.53 bits per heavy atom. The van der Waals surface area contributed by atoms with Gasteiger partial charge >= 0.3 is 5.97 Å². The monoisotopic (exact) mass is 256 g/mol. The van der Waals surface area contributed by atoms with Gasteiger partial charge in [-0.3, -0.25) is 4.79 Å². The van der Waals surface area contributed by atoms with Crippen molar-refractivity contribution in [3.8, 4) is 0 Å². The van der Waals surface area contributed by atoms with Gasteiger partial charge in [0.1, 0.15) is 0 Å². The Balaban J connectivity index is 2.13. The van der Waals surface area contributed by atoms with Gasteiger partial charge in [-0.05, 0) is 12.8 Å². The largest absolute Gasteiger partial charge is 0.476 e. The molecule has 0 aromatic carbocycles. The zero-order valence-corrected chi connectivity index (χ0v) is 9.81. The van der Waals surface area contributed by atoms with E-state index in [1.807, 2.05) is 0 Å². The molecule has 1 amide bonds. The molecule has 7 heteroatoms. The summed E-state index contributed by atoms with van der Waals surface area (Å²) in [6.45, 7) is 0.172. The van der Waals surface area contributed by atoms with Gasteiger partial charge in [0.05, 0.1) is 6.61 Å². The molecule has 0 spiro atoms. The number of carbonyl (C=O) groups is 2. The molecule has 1 aliphatic carbocycles. The van der Waals surface area contributed by atoms with Crippen molar-refractivity contribution >= 4 is 23.2 Å². The van der Waals surface area contributed by atoms with Crippen molar-refractivity contribution in [3.63, 3.8) is 0 Å². The first-order valence-corrected chi connectivity index (χ1v) is 6.12. The zero-order chi connectivity index (χ0) is 12.4. The van der Waals surface area contributed by atoms with Crippen LogP contribution < -0.4 is 0 Å². The second kappa shape index (κ2) is 4.80. The maximum atomic E-state index is 12.0. The lowest BCUT2D eigenvalue weighted by atomic mass is 10.4. The minimum absolute atomic E-state index is 0.0978. The van der Waals surface area contributed by atoms with Crippen molar-refractivity contribution in [2.75, 3.05) is 13.2 Å². The number of carboxylic acids is 1. The smallest absolute Gasteiger partial charge is 0.355 e. The van der Waals surface area contributed by atoms with E-state index in [1.54, 1.807) is 4.90 Å². The summed E-state index contributed by atoms with van der Waals surface area (Å²) in [5, 5.41) is 19.1. The molecule has 2 N–H and O–H groups in total. The number of carboxylic acid groups (broad SMARTS) is 1. The molecule has 0 radical (unpaired) electrons. The van der Waals surface area contributed by atoms with E-state index >= 15 is 0 Å². The van der Waals surface area contributed by atoms with Crippen molar-refractivity contribution in [1.29, 1.82) is 0 Å². The van der Waals surface area contributed by atoms with Crippen molar-refractivity contribution in [2.24, 2.45) is 0 Å². The number of rotatable bonds is 5. The number of aliphatic hydroxyl groups is 1. The lowest BCUT2D eigenvalue weighted by Gasteiger charge is -2.19. The summed E-state index contributed by atoms with van der Waals surface area (Å²) in [6, 6.07) is 0.173. The SMILES string of the molecule is O=C(O)c1csc(C(=O)N(CCO)C2CC2)n1. The number of nitrogens with zero attached hydrogens (tertiary/aromatic N) is 2. The first kappa shape index (κ1) is 12.0. The molecule has 1 saturated carbocycles. The van der Waals surface area contributed by atoms with Gasteiger partial charge in [-0.15, -0.1) is 11.3 Å². The average Bonchev–Trinajstić information content (AvgIpc) is 3.00.